The zero-order valence-electron chi connectivity index (χ0n) is 12.6. The lowest BCUT2D eigenvalue weighted by molar-refractivity contribution is -0.109. The maximum Gasteiger partial charge on any atom is 0.0125 e. The number of piperidine rings is 1. The predicted octanol–water partition coefficient (Wildman–Crippen LogP) is 2.98. The zero-order valence-corrected chi connectivity index (χ0v) is 12.6. The summed E-state index contributed by atoms with van der Waals surface area (Å²) >= 11 is 0. The molecule has 0 saturated carbocycles. The molecule has 0 N–H and O–H groups in total. The maximum atomic E-state index is 2.69. The van der Waals surface area contributed by atoms with Crippen LogP contribution in [0.15, 0.2) is 0 Å². The van der Waals surface area contributed by atoms with Crippen LogP contribution in [0.4, 0.5) is 0 Å². The molecule has 2 rings (SSSR count). The lowest BCUT2D eigenvalue weighted by atomic mass is 9.70. The van der Waals surface area contributed by atoms with Gasteiger partial charge in [0, 0.05) is 36.1 Å². The minimum atomic E-state index is 0.343. The summed E-state index contributed by atoms with van der Waals surface area (Å²) in [4.78, 5) is 5.33. The summed E-state index contributed by atoms with van der Waals surface area (Å²) in [6.07, 6.45) is 2.82. The monoisotopic (exact) mass is 238 g/mol. The molecule has 2 fully saturated rings. The van der Waals surface area contributed by atoms with Gasteiger partial charge < -0.3 is 0 Å². The molecule has 2 aliphatic rings. The normalized spacial score (nSPS) is 27.2. The zero-order chi connectivity index (χ0) is 12.9. The summed E-state index contributed by atoms with van der Waals surface area (Å²) in [5.41, 5.74) is 1.31. The number of hydrogen-bond acceptors (Lipinski definition) is 2. The third-order valence-electron chi connectivity index (χ3n) is 4.61. The van der Waals surface area contributed by atoms with Gasteiger partial charge in [-0.3, -0.25) is 9.80 Å². The molecule has 17 heavy (non-hydrogen) atoms. The molecule has 0 aromatic rings. The Hall–Kier alpha value is -0.0800. The van der Waals surface area contributed by atoms with E-state index in [4.69, 9.17) is 0 Å². The first-order valence-electron chi connectivity index (χ1n) is 7.13. The van der Waals surface area contributed by atoms with Crippen molar-refractivity contribution in [2.75, 3.05) is 26.2 Å². The Kier molecular flexibility index (Phi) is 3.11. The van der Waals surface area contributed by atoms with Crippen molar-refractivity contribution in [3.8, 4) is 0 Å². The van der Waals surface area contributed by atoms with Crippen LogP contribution >= 0.6 is 0 Å². The largest absolute Gasteiger partial charge is 0.298 e. The van der Waals surface area contributed by atoms with Gasteiger partial charge in [-0.15, -0.1) is 0 Å². The number of likely N-dealkylation sites (tertiary alicyclic amines) is 2. The van der Waals surface area contributed by atoms with E-state index in [1.54, 1.807) is 0 Å². The quantitative estimate of drug-likeness (QED) is 0.640. The van der Waals surface area contributed by atoms with Crippen molar-refractivity contribution in [3.05, 3.63) is 0 Å². The molecule has 100 valence electrons. The van der Waals surface area contributed by atoms with Gasteiger partial charge in [-0.05, 0) is 60.9 Å². The molecule has 2 heteroatoms. The Morgan fingerprint density at radius 1 is 0.765 bits per heavy atom. The standard InChI is InChI=1S/C15H30N2/c1-13(2,3)16-9-7-8-15(10-16)11-17(12-15)14(4,5)6/h7-12H2,1-6H3. The highest BCUT2D eigenvalue weighted by Crippen LogP contribution is 2.43. The van der Waals surface area contributed by atoms with E-state index in [0.717, 1.165) is 0 Å². The second-order valence-corrected chi connectivity index (χ2v) is 8.22. The van der Waals surface area contributed by atoms with Crippen molar-refractivity contribution >= 4 is 0 Å². The van der Waals surface area contributed by atoms with Crippen LogP contribution < -0.4 is 0 Å². The Bertz CT molecular complexity index is 276. The topological polar surface area (TPSA) is 6.48 Å². The molecule has 0 unspecified atom stereocenters. The van der Waals surface area contributed by atoms with Gasteiger partial charge in [0.1, 0.15) is 0 Å². The van der Waals surface area contributed by atoms with Crippen LogP contribution in [0.25, 0.3) is 0 Å². The summed E-state index contributed by atoms with van der Waals surface area (Å²) in [7, 11) is 0. The summed E-state index contributed by atoms with van der Waals surface area (Å²) in [5, 5.41) is 0. The van der Waals surface area contributed by atoms with Gasteiger partial charge in [0.25, 0.3) is 0 Å². The highest BCUT2D eigenvalue weighted by atomic mass is 15.3. The van der Waals surface area contributed by atoms with Crippen LogP contribution in [-0.4, -0.2) is 47.1 Å². The third-order valence-corrected chi connectivity index (χ3v) is 4.61. The van der Waals surface area contributed by atoms with Crippen LogP contribution in [0.1, 0.15) is 54.4 Å². The predicted molar refractivity (Wildman–Crippen MR) is 74.3 cm³/mol. The fourth-order valence-electron chi connectivity index (χ4n) is 3.28. The molecule has 1 spiro atoms. The van der Waals surface area contributed by atoms with Crippen molar-refractivity contribution < 1.29 is 0 Å². The van der Waals surface area contributed by atoms with Crippen molar-refractivity contribution in [2.45, 2.75) is 65.5 Å². The molecule has 0 bridgehead atoms. The van der Waals surface area contributed by atoms with Crippen LogP contribution in [0.2, 0.25) is 0 Å². The summed E-state index contributed by atoms with van der Waals surface area (Å²) < 4.78 is 0. The van der Waals surface area contributed by atoms with E-state index < -0.39 is 0 Å². The van der Waals surface area contributed by atoms with E-state index in [-0.39, 0.29) is 0 Å². The molecule has 2 saturated heterocycles. The van der Waals surface area contributed by atoms with Crippen molar-refractivity contribution in [3.63, 3.8) is 0 Å². The molecule has 2 nitrogen and oxygen atoms in total. The van der Waals surface area contributed by atoms with Crippen LogP contribution in [-0.2, 0) is 0 Å². The minimum Gasteiger partial charge on any atom is -0.298 e. The van der Waals surface area contributed by atoms with E-state index >= 15 is 0 Å². The van der Waals surface area contributed by atoms with Gasteiger partial charge in [0.2, 0.25) is 0 Å². The van der Waals surface area contributed by atoms with E-state index in [9.17, 15) is 0 Å². The lowest BCUT2D eigenvalue weighted by Gasteiger charge is -2.60. The first kappa shape index (κ1) is 13.4. The van der Waals surface area contributed by atoms with Crippen LogP contribution in [0.3, 0.4) is 0 Å². The van der Waals surface area contributed by atoms with Gasteiger partial charge in [-0.1, -0.05) is 0 Å². The molecule has 0 amide bonds. The summed E-state index contributed by atoms with van der Waals surface area (Å²) in [6.45, 7) is 19.3. The molecule has 2 heterocycles. The fourth-order valence-corrected chi connectivity index (χ4v) is 3.28. The van der Waals surface area contributed by atoms with E-state index in [1.165, 1.54) is 39.0 Å². The molecular weight excluding hydrogens is 208 g/mol. The average Bonchev–Trinajstić information content (AvgIpc) is 2.11. The SMILES string of the molecule is CC(C)(C)N1CCCC2(C1)CN(C(C)(C)C)C2. The van der Waals surface area contributed by atoms with Gasteiger partial charge in [0.15, 0.2) is 0 Å². The smallest absolute Gasteiger partial charge is 0.0125 e. The second-order valence-electron chi connectivity index (χ2n) is 8.22. The highest BCUT2D eigenvalue weighted by molar-refractivity contribution is 5.03. The molecule has 0 atom stereocenters. The second kappa shape index (κ2) is 3.96. The summed E-state index contributed by atoms with van der Waals surface area (Å²) in [6, 6.07) is 0. The van der Waals surface area contributed by atoms with Gasteiger partial charge in [-0.25, -0.2) is 0 Å². The Balaban J connectivity index is 1.96. The fraction of sp³-hybridized carbons (Fsp3) is 1.00. The van der Waals surface area contributed by atoms with E-state index in [1.807, 2.05) is 0 Å². The number of nitrogens with zero attached hydrogens (tertiary/aromatic N) is 2. The maximum absolute atomic E-state index is 2.69. The summed E-state index contributed by atoms with van der Waals surface area (Å²) in [5.74, 6) is 0. The highest BCUT2D eigenvalue weighted by Gasteiger charge is 2.49. The first-order valence-corrected chi connectivity index (χ1v) is 7.13. The number of rotatable bonds is 0. The van der Waals surface area contributed by atoms with Crippen LogP contribution in [0, 0.1) is 5.41 Å². The van der Waals surface area contributed by atoms with Gasteiger partial charge >= 0.3 is 0 Å². The van der Waals surface area contributed by atoms with Gasteiger partial charge in [-0.2, -0.15) is 0 Å². The third kappa shape index (κ3) is 2.68. The number of hydrogen-bond donors (Lipinski definition) is 0. The molecule has 0 radical (unpaired) electrons. The molecular formula is C15H30N2. The first-order chi connectivity index (χ1) is 7.62. The van der Waals surface area contributed by atoms with E-state index in [0.29, 0.717) is 16.5 Å². The minimum absolute atomic E-state index is 0.343. The lowest BCUT2D eigenvalue weighted by Crippen LogP contribution is -2.68. The van der Waals surface area contributed by atoms with E-state index in [2.05, 4.69) is 51.3 Å². The average molecular weight is 238 g/mol. The Morgan fingerprint density at radius 3 is 1.71 bits per heavy atom. The van der Waals surface area contributed by atoms with Crippen molar-refractivity contribution in [1.82, 2.24) is 9.80 Å². The molecule has 0 aromatic heterocycles. The van der Waals surface area contributed by atoms with Crippen molar-refractivity contribution in [1.29, 1.82) is 0 Å². The molecule has 0 aliphatic carbocycles. The Labute approximate surface area is 107 Å². The van der Waals surface area contributed by atoms with Crippen molar-refractivity contribution in [2.24, 2.45) is 5.41 Å². The molecule has 0 aromatic carbocycles. The van der Waals surface area contributed by atoms with Gasteiger partial charge in [0.05, 0.1) is 0 Å². The Morgan fingerprint density at radius 2 is 1.24 bits per heavy atom. The van der Waals surface area contributed by atoms with Crippen LogP contribution in [0.5, 0.6) is 0 Å². The molecule has 2 aliphatic heterocycles.